The molecular formula is C16H16N4O2. The van der Waals surface area contributed by atoms with Crippen LogP contribution in [0, 0.1) is 0 Å². The van der Waals surface area contributed by atoms with Crippen LogP contribution in [0.2, 0.25) is 0 Å². The monoisotopic (exact) mass is 296 g/mol. The molecule has 1 saturated heterocycles. The van der Waals surface area contributed by atoms with Crippen LogP contribution in [-0.2, 0) is 0 Å². The SMILES string of the molecule is O=C(c1ccco1)N1CCC(c2nnc3ccccn23)CC1. The summed E-state index contributed by atoms with van der Waals surface area (Å²) in [5.41, 5.74) is 0.867. The minimum absolute atomic E-state index is 0.0328. The lowest BCUT2D eigenvalue weighted by Crippen LogP contribution is -2.38. The number of pyridine rings is 1. The summed E-state index contributed by atoms with van der Waals surface area (Å²) in [4.78, 5) is 14.1. The van der Waals surface area contributed by atoms with Gasteiger partial charge in [-0.05, 0) is 37.1 Å². The molecule has 6 nitrogen and oxygen atoms in total. The van der Waals surface area contributed by atoms with Crippen LogP contribution in [0.1, 0.15) is 35.1 Å². The standard InChI is InChI=1S/C16H16N4O2/c21-16(13-4-3-11-22-13)19-9-6-12(7-10-19)15-18-17-14-5-1-2-8-20(14)15/h1-5,8,11-12H,6-7,9-10H2. The molecule has 0 spiro atoms. The molecule has 6 heteroatoms. The van der Waals surface area contributed by atoms with Gasteiger partial charge in [-0.25, -0.2) is 0 Å². The highest BCUT2D eigenvalue weighted by molar-refractivity contribution is 5.91. The molecule has 0 N–H and O–H groups in total. The summed E-state index contributed by atoms with van der Waals surface area (Å²) in [6.45, 7) is 1.43. The molecular weight excluding hydrogens is 280 g/mol. The Labute approximate surface area is 127 Å². The van der Waals surface area contributed by atoms with E-state index in [9.17, 15) is 4.79 Å². The number of piperidine rings is 1. The lowest BCUT2D eigenvalue weighted by molar-refractivity contribution is 0.0678. The normalized spacial score (nSPS) is 16.3. The first-order chi connectivity index (χ1) is 10.8. The molecule has 0 aliphatic carbocycles. The van der Waals surface area contributed by atoms with Gasteiger partial charge in [0.25, 0.3) is 5.91 Å². The zero-order chi connectivity index (χ0) is 14.9. The highest BCUT2D eigenvalue weighted by Crippen LogP contribution is 2.27. The van der Waals surface area contributed by atoms with Crippen molar-refractivity contribution < 1.29 is 9.21 Å². The van der Waals surface area contributed by atoms with E-state index in [4.69, 9.17) is 4.42 Å². The molecule has 22 heavy (non-hydrogen) atoms. The summed E-state index contributed by atoms with van der Waals surface area (Å²) >= 11 is 0. The Morgan fingerprint density at radius 2 is 2.00 bits per heavy atom. The van der Waals surface area contributed by atoms with Crippen molar-refractivity contribution in [2.75, 3.05) is 13.1 Å². The average molecular weight is 296 g/mol. The number of nitrogens with zero attached hydrogens (tertiary/aromatic N) is 4. The number of fused-ring (bicyclic) bond motifs is 1. The number of likely N-dealkylation sites (tertiary alicyclic amines) is 1. The molecule has 4 heterocycles. The molecule has 1 aliphatic heterocycles. The Bertz CT molecular complexity index is 785. The summed E-state index contributed by atoms with van der Waals surface area (Å²) in [5.74, 6) is 1.69. The lowest BCUT2D eigenvalue weighted by Gasteiger charge is -2.30. The maximum Gasteiger partial charge on any atom is 0.289 e. The molecule has 0 aromatic carbocycles. The lowest BCUT2D eigenvalue weighted by atomic mass is 9.96. The predicted octanol–water partition coefficient (Wildman–Crippen LogP) is 2.34. The zero-order valence-electron chi connectivity index (χ0n) is 12.1. The van der Waals surface area contributed by atoms with E-state index in [0.29, 0.717) is 24.8 Å². The average Bonchev–Trinajstić information content (AvgIpc) is 3.24. The minimum atomic E-state index is -0.0328. The Morgan fingerprint density at radius 3 is 2.77 bits per heavy atom. The fourth-order valence-corrected chi connectivity index (χ4v) is 3.04. The van der Waals surface area contributed by atoms with Crippen molar-refractivity contribution in [3.63, 3.8) is 0 Å². The Balaban J connectivity index is 1.49. The van der Waals surface area contributed by atoms with Gasteiger partial charge in [-0.2, -0.15) is 0 Å². The second-order valence-electron chi connectivity index (χ2n) is 5.53. The third-order valence-electron chi connectivity index (χ3n) is 4.22. The van der Waals surface area contributed by atoms with Gasteiger partial charge in [0.2, 0.25) is 0 Å². The second kappa shape index (κ2) is 5.29. The Hall–Kier alpha value is -2.63. The van der Waals surface area contributed by atoms with Crippen LogP contribution in [0.3, 0.4) is 0 Å². The van der Waals surface area contributed by atoms with E-state index in [0.717, 1.165) is 24.3 Å². The fourth-order valence-electron chi connectivity index (χ4n) is 3.04. The van der Waals surface area contributed by atoms with Gasteiger partial charge in [-0.15, -0.1) is 10.2 Å². The third-order valence-corrected chi connectivity index (χ3v) is 4.22. The number of carbonyl (C=O) groups is 1. The van der Waals surface area contributed by atoms with Crippen LogP contribution < -0.4 is 0 Å². The van der Waals surface area contributed by atoms with E-state index < -0.39 is 0 Å². The van der Waals surface area contributed by atoms with E-state index >= 15 is 0 Å². The van der Waals surface area contributed by atoms with Crippen LogP contribution in [0.5, 0.6) is 0 Å². The molecule has 0 radical (unpaired) electrons. The smallest absolute Gasteiger partial charge is 0.289 e. The van der Waals surface area contributed by atoms with E-state index in [1.807, 2.05) is 33.7 Å². The summed E-state index contributed by atoms with van der Waals surface area (Å²) in [6, 6.07) is 9.34. The van der Waals surface area contributed by atoms with E-state index in [1.165, 1.54) is 6.26 Å². The van der Waals surface area contributed by atoms with Gasteiger partial charge in [-0.1, -0.05) is 6.07 Å². The van der Waals surface area contributed by atoms with Crippen molar-refractivity contribution >= 4 is 11.6 Å². The third kappa shape index (κ3) is 2.16. The van der Waals surface area contributed by atoms with Gasteiger partial charge in [0.05, 0.1) is 6.26 Å². The molecule has 1 fully saturated rings. The van der Waals surface area contributed by atoms with Gasteiger partial charge < -0.3 is 9.32 Å². The van der Waals surface area contributed by atoms with E-state index in [1.54, 1.807) is 12.1 Å². The zero-order valence-corrected chi connectivity index (χ0v) is 12.1. The molecule has 0 unspecified atom stereocenters. The number of aromatic nitrogens is 3. The summed E-state index contributed by atoms with van der Waals surface area (Å²) in [7, 11) is 0. The first-order valence-electron chi connectivity index (χ1n) is 7.45. The number of rotatable bonds is 2. The number of hydrogen-bond donors (Lipinski definition) is 0. The largest absolute Gasteiger partial charge is 0.459 e. The molecule has 4 rings (SSSR count). The first kappa shape index (κ1) is 13.1. The van der Waals surface area contributed by atoms with Gasteiger partial charge >= 0.3 is 0 Å². The summed E-state index contributed by atoms with van der Waals surface area (Å²) in [6.07, 6.45) is 5.30. The minimum Gasteiger partial charge on any atom is -0.459 e. The maximum atomic E-state index is 12.3. The van der Waals surface area contributed by atoms with Gasteiger partial charge in [0, 0.05) is 25.2 Å². The van der Waals surface area contributed by atoms with Gasteiger partial charge in [-0.3, -0.25) is 9.20 Å². The van der Waals surface area contributed by atoms with Crippen molar-refractivity contribution in [1.29, 1.82) is 0 Å². The van der Waals surface area contributed by atoms with Gasteiger partial charge in [0.1, 0.15) is 5.82 Å². The van der Waals surface area contributed by atoms with Crippen LogP contribution in [0.25, 0.3) is 5.65 Å². The second-order valence-corrected chi connectivity index (χ2v) is 5.53. The molecule has 3 aromatic heterocycles. The molecule has 112 valence electrons. The van der Waals surface area contributed by atoms with Crippen molar-refractivity contribution in [1.82, 2.24) is 19.5 Å². The predicted molar refractivity (Wildman–Crippen MR) is 79.6 cm³/mol. The Kier molecular flexibility index (Phi) is 3.14. The molecule has 0 atom stereocenters. The maximum absolute atomic E-state index is 12.3. The number of carbonyl (C=O) groups excluding carboxylic acids is 1. The van der Waals surface area contributed by atoms with Crippen LogP contribution >= 0.6 is 0 Å². The first-order valence-corrected chi connectivity index (χ1v) is 7.45. The molecule has 1 amide bonds. The van der Waals surface area contributed by atoms with E-state index in [2.05, 4.69) is 10.2 Å². The number of hydrogen-bond acceptors (Lipinski definition) is 4. The van der Waals surface area contributed by atoms with Crippen molar-refractivity contribution in [3.05, 3.63) is 54.4 Å². The molecule has 3 aromatic rings. The van der Waals surface area contributed by atoms with Crippen LogP contribution in [0.15, 0.2) is 47.2 Å². The molecule has 1 aliphatic rings. The van der Waals surface area contributed by atoms with Gasteiger partial charge in [0.15, 0.2) is 11.4 Å². The van der Waals surface area contributed by atoms with E-state index in [-0.39, 0.29) is 5.91 Å². The number of amides is 1. The van der Waals surface area contributed by atoms with Crippen LogP contribution in [0.4, 0.5) is 0 Å². The quantitative estimate of drug-likeness (QED) is 0.728. The van der Waals surface area contributed by atoms with Crippen LogP contribution in [-0.4, -0.2) is 38.5 Å². The Morgan fingerprint density at radius 1 is 1.14 bits per heavy atom. The summed E-state index contributed by atoms with van der Waals surface area (Å²) < 4.78 is 7.22. The van der Waals surface area contributed by atoms with Crippen molar-refractivity contribution in [3.8, 4) is 0 Å². The van der Waals surface area contributed by atoms with Crippen molar-refractivity contribution in [2.45, 2.75) is 18.8 Å². The highest BCUT2D eigenvalue weighted by Gasteiger charge is 2.28. The van der Waals surface area contributed by atoms with Crippen molar-refractivity contribution in [2.24, 2.45) is 0 Å². The number of furan rings is 1. The highest BCUT2D eigenvalue weighted by atomic mass is 16.3. The summed E-state index contributed by atoms with van der Waals surface area (Å²) in [5, 5.41) is 8.54. The fraction of sp³-hybridized carbons (Fsp3) is 0.312. The topological polar surface area (TPSA) is 63.6 Å². The molecule has 0 saturated carbocycles. The molecule has 0 bridgehead atoms.